The number of hydrogen-bond acceptors (Lipinski definition) is 7. The molecule has 2 heterocycles. The predicted octanol–water partition coefficient (Wildman–Crippen LogP) is 4.13. The van der Waals surface area contributed by atoms with Crippen molar-refractivity contribution in [2.24, 2.45) is 11.8 Å². The monoisotopic (exact) mass is 559 g/mol. The summed E-state index contributed by atoms with van der Waals surface area (Å²) in [5.74, 6) is 1.12. The highest BCUT2D eigenvalue weighted by atomic mass is 16.6. The summed E-state index contributed by atoms with van der Waals surface area (Å²) < 4.78 is 22.9. The van der Waals surface area contributed by atoms with Crippen LogP contribution in [0.3, 0.4) is 0 Å². The highest BCUT2D eigenvalue weighted by Gasteiger charge is 2.39. The first-order chi connectivity index (χ1) is 19.4. The average Bonchev–Trinajstić information content (AvgIpc) is 3.71. The molecule has 40 heavy (non-hydrogen) atoms. The standard InChI is InChI=1S/C31H49N3O6/c1-5-24-9-10-25(16-28(24)39-15-7-13-37-4)30(35)33(22(2)3)20-26-17-32-18-29(26)40-31(36)34(27-11-12-27)19-23-8-6-14-38-21-23/h9-10,16,22-23,26-27,29,32H,5-8,11-15,17-21H2,1-4H3/t23?,26-,29+/m0/s1. The van der Waals surface area contributed by atoms with Crippen LogP contribution in [-0.2, 0) is 20.6 Å². The van der Waals surface area contributed by atoms with Gasteiger partial charge in [-0.1, -0.05) is 13.0 Å². The average molecular weight is 560 g/mol. The van der Waals surface area contributed by atoms with Gasteiger partial charge in [0, 0.05) is 82.4 Å². The van der Waals surface area contributed by atoms with Crippen LogP contribution >= 0.6 is 0 Å². The lowest BCUT2D eigenvalue weighted by Gasteiger charge is -2.33. The van der Waals surface area contributed by atoms with E-state index >= 15 is 0 Å². The van der Waals surface area contributed by atoms with E-state index < -0.39 is 0 Å². The zero-order valence-electron chi connectivity index (χ0n) is 24.9. The molecule has 3 fully saturated rings. The Morgan fingerprint density at radius 1 is 1.12 bits per heavy atom. The van der Waals surface area contributed by atoms with Crippen molar-refractivity contribution in [1.29, 1.82) is 0 Å². The van der Waals surface area contributed by atoms with Gasteiger partial charge >= 0.3 is 6.09 Å². The molecule has 1 N–H and O–H groups in total. The molecule has 4 rings (SSSR count). The number of hydrogen-bond donors (Lipinski definition) is 1. The van der Waals surface area contributed by atoms with Gasteiger partial charge in [0.05, 0.1) is 13.2 Å². The van der Waals surface area contributed by atoms with Crippen LogP contribution in [-0.4, -0.2) is 99.7 Å². The van der Waals surface area contributed by atoms with Crippen molar-refractivity contribution in [2.45, 2.75) is 77.5 Å². The number of aryl methyl sites for hydroxylation is 1. The first kappa shape index (κ1) is 30.6. The van der Waals surface area contributed by atoms with E-state index in [9.17, 15) is 9.59 Å². The quantitative estimate of drug-likeness (QED) is 0.343. The summed E-state index contributed by atoms with van der Waals surface area (Å²) >= 11 is 0. The van der Waals surface area contributed by atoms with Crippen molar-refractivity contribution in [2.75, 3.05) is 59.7 Å². The molecule has 1 aliphatic carbocycles. The van der Waals surface area contributed by atoms with Crippen molar-refractivity contribution in [3.63, 3.8) is 0 Å². The largest absolute Gasteiger partial charge is 0.493 e. The zero-order valence-corrected chi connectivity index (χ0v) is 24.9. The lowest BCUT2D eigenvalue weighted by molar-refractivity contribution is 0.0161. The van der Waals surface area contributed by atoms with Gasteiger partial charge in [0.25, 0.3) is 5.91 Å². The smallest absolute Gasteiger partial charge is 0.410 e. The first-order valence-electron chi connectivity index (χ1n) is 15.2. The van der Waals surface area contributed by atoms with Crippen LogP contribution in [0.15, 0.2) is 18.2 Å². The van der Waals surface area contributed by atoms with Gasteiger partial charge < -0.3 is 34.1 Å². The third-order valence-electron chi connectivity index (χ3n) is 8.22. The summed E-state index contributed by atoms with van der Waals surface area (Å²) in [7, 11) is 1.68. The van der Waals surface area contributed by atoms with Crippen LogP contribution in [0.25, 0.3) is 0 Å². The Kier molecular flexibility index (Phi) is 11.5. The molecule has 1 unspecified atom stereocenters. The third-order valence-corrected chi connectivity index (χ3v) is 8.22. The minimum atomic E-state index is -0.271. The minimum absolute atomic E-state index is 0.00404. The number of nitrogens with one attached hydrogen (secondary N) is 1. The second-order valence-corrected chi connectivity index (χ2v) is 11.7. The molecule has 9 heteroatoms. The highest BCUT2D eigenvalue weighted by Crippen LogP contribution is 2.31. The fraction of sp³-hybridized carbons (Fsp3) is 0.742. The van der Waals surface area contributed by atoms with Crippen molar-refractivity contribution in [3.05, 3.63) is 29.3 Å². The van der Waals surface area contributed by atoms with Crippen LogP contribution in [0.1, 0.15) is 68.8 Å². The summed E-state index contributed by atoms with van der Waals surface area (Å²) in [6, 6.07) is 6.04. The number of methoxy groups -OCH3 is 1. The van der Waals surface area contributed by atoms with Crippen LogP contribution in [0.2, 0.25) is 0 Å². The molecule has 0 aromatic heterocycles. The number of carbonyl (C=O) groups is 2. The van der Waals surface area contributed by atoms with Gasteiger partial charge in [-0.25, -0.2) is 4.79 Å². The van der Waals surface area contributed by atoms with Crippen LogP contribution in [0, 0.1) is 11.8 Å². The maximum atomic E-state index is 13.8. The van der Waals surface area contributed by atoms with E-state index in [-0.39, 0.29) is 36.1 Å². The van der Waals surface area contributed by atoms with Gasteiger partial charge in [-0.15, -0.1) is 0 Å². The first-order valence-corrected chi connectivity index (χ1v) is 15.2. The lowest BCUT2D eigenvalue weighted by Crippen LogP contribution is -2.45. The second kappa shape index (κ2) is 15.0. The Morgan fingerprint density at radius 2 is 1.95 bits per heavy atom. The molecule has 9 nitrogen and oxygen atoms in total. The molecule has 224 valence electrons. The molecule has 1 saturated carbocycles. The second-order valence-electron chi connectivity index (χ2n) is 11.7. The number of benzene rings is 1. The molecule has 2 saturated heterocycles. The molecule has 3 atom stereocenters. The van der Waals surface area contributed by atoms with Gasteiger partial charge in [0.15, 0.2) is 0 Å². The normalized spacial score (nSPS) is 22.8. The van der Waals surface area contributed by atoms with Crippen LogP contribution < -0.4 is 10.1 Å². The van der Waals surface area contributed by atoms with Crippen LogP contribution in [0.5, 0.6) is 5.75 Å². The molecule has 0 bridgehead atoms. The summed E-state index contributed by atoms with van der Waals surface area (Å²) in [5, 5.41) is 3.39. The van der Waals surface area contributed by atoms with E-state index in [1.54, 1.807) is 7.11 Å². The van der Waals surface area contributed by atoms with Crippen molar-refractivity contribution >= 4 is 12.0 Å². The number of ether oxygens (including phenoxy) is 4. The third kappa shape index (κ3) is 8.33. The topological polar surface area (TPSA) is 89.6 Å². The van der Waals surface area contributed by atoms with E-state index in [1.807, 2.05) is 41.8 Å². The molecule has 2 amide bonds. The molecule has 3 aliphatic rings. The Morgan fingerprint density at radius 3 is 2.62 bits per heavy atom. The maximum absolute atomic E-state index is 13.8. The number of amides is 2. The summed E-state index contributed by atoms with van der Waals surface area (Å²) in [4.78, 5) is 30.9. The van der Waals surface area contributed by atoms with E-state index in [2.05, 4.69) is 12.2 Å². The fourth-order valence-electron chi connectivity index (χ4n) is 5.66. The lowest BCUT2D eigenvalue weighted by atomic mass is 10.0. The number of rotatable bonds is 14. The fourth-order valence-corrected chi connectivity index (χ4v) is 5.66. The van der Waals surface area contributed by atoms with Crippen LogP contribution in [0.4, 0.5) is 4.79 Å². The Bertz CT molecular complexity index is 962. The predicted molar refractivity (Wildman–Crippen MR) is 154 cm³/mol. The van der Waals surface area contributed by atoms with E-state index in [4.69, 9.17) is 18.9 Å². The van der Waals surface area contributed by atoms with Gasteiger partial charge in [-0.05, 0) is 63.6 Å². The highest BCUT2D eigenvalue weighted by molar-refractivity contribution is 5.95. The van der Waals surface area contributed by atoms with Gasteiger partial charge in [-0.2, -0.15) is 0 Å². The summed E-state index contributed by atoms with van der Waals surface area (Å²) in [5.41, 5.74) is 1.69. The zero-order chi connectivity index (χ0) is 28.5. The van der Waals surface area contributed by atoms with E-state index in [1.165, 1.54) is 0 Å². The molecular weight excluding hydrogens is 510 g/mol. The molecule has 0 radical (unpaired) electrons. The molecule has 1 aromatic carbocycles. The van der Waals surface area contributed by atoms with E-state index in [0.29, 0.717) is 57.5 Å². The molecule has 1 aromatic rings. The van der Waals surface area contributed by atoms with E-state index in [0.717, 1.165) is 56.4 Å². The summed E-state index contributed by atoms with van der Waals surface area (Å²) in [6.45, 7) is 11.4. The minimum Gasteiger partial charge on any atom is -0.493 e. The Balaban J connectivity index is 1.39. The molecule has 2 aliphatic heterocycles. The molecule has 0 spiro atoms. The summed E-state index contributed by atoms with van der Waals surface area (Å²) in [6.07, 6.45) is 5.35. The van der Waals surface area contributed by atoms with Crippen molar-refractivity contribution < 1.29 is 28.5 Å². The van der Waals surface area contributed by atoms with Gasteiger partial charge in [-0.3, -0.25) is 4.79 Å². The Labute approximate surface area is 239 Å². The SMILES string of the molecule is CCc1ccc(C(=O)N(C[C@@H]2CNC[C@H]2OC(=O)N(CC2CCCOC2)C2CC2)C(C)C)cc1OCCCOC. The van der Waals surface area contributed by atoms with Gasteiger partial charge in [0.2, 0.25) is 0 Å². The molecular formula is C31H49N3O6. The number of carbonyl (C=O) groups excluding carboxylic acids is 2. The van der Waals surface area contributed by atoms with Crippen molar-refractivity contribution in [3.8, 4) is 5.75 Å². The number of nitrogens with zero attached hydrogens (tertiary/aromatic N) is 2. The van der Waals surface area contributed by atoms with Gasteiger partial charge in [0.1, 0.15) is 11.9 Å². The van der Waals surface area contributed by atoms with Crippen molar-refractivity contribution in [1.82, 2.24) is 15.1 Å². The Hall–Kier alpha value is -2.36. The maximum Gasteiger partial charge on any atom is 0.410 e.